The van der Waals surface area contributed by atoms with Gasteiger partial charge in [-0.05, 0) is 36.1 Å². The number of nitrogens with two attached hydrogens (primary N) is 2. The number of carboxylic acid groups (broad SMARTS) is 1. The highest BCUT2D eigenvalue weighted by Gasteiger charge is 2.40. The number of amides is 1. The van der Waals surface area contributed by atoms with Crippen LogP contribution in [-0.4, -0.2) is 66.6 Å². The second-order valence-corrected chi connectivity index (χ2v) is 10.4. The number of carbonyl (C=O) groups excluding carboxylic acids is 2. The van der Waals surface area contributed by atoms with Crippen LogP contribution in [-0.2, 0) is 37.2 Å². The van der Waals surface area contributed by atoms with Crippen molar-refractivity contribution in [3.63, 3.8) is 0 Å². The first-order chi connectivity index (χ1) is 17.1. The van der Waals surface area contributed by atoms with Gasteiger partial charge in [-0.25, -0.2) is 18.2 Å². The van der Waals surface area contributed by atoms with Gasteiger partial charge in [-0.15, -0.1) is 0 Å². The Balaban J connectivity index is 1.65. The Morgan fingerprint density at radius 3 is 2.31 bits per heavy atom. The molecule has 6 N–H and O–H groups in total. The van der Waals surface area contributed by atoms with Gasteiger partial charge in [0.25, 0.3) is 0 Å². The molecule has 0 radical (unpaired) electrons. The number of carboxylic acids is 1. The largest absolute Gasteiger partial charge is 0.480 e. The molecule has 1 saturated heterocycles. The monoisotopic (exact) mass is 515 g/mol. The first-order valence-electron chi connectivity index (χ1n) is 11.3. The average Bonchev–Trinajstić information content (AvgIpc) is 3.35. The fourth-order valence-corrected chi connectivity index (χ4v) is 5.66. The third-order valence-electron chi connectivity index (χ3n) is 5.77. The lowest BCUT2D eigenvalue weighted by Gasteiger charge is -2.25. The molecule has 0 bridgehead atoms. The molecule has 192 valence electrons. The highest BCUT2D eigenvalue weighted by molar-refractivity contribution is 7.89. The van der Waals surface area contributed by atoms with E-state index < -0.39 is 34.0 Å². The van der Waals surface area contributed by atoms with Crippen LogP contribution in [0.3, 0.4) is 0 Å². The highest BCUT2D eigenvalue weighted by Crippen LogP contribution is 2.26. The number of sulfonamides is 1. The summed E-state index contributed by atoms with van der Waals surface area (Å²) in [7, 11) is -3.90. The number of nitrogens with zero attached hydrogens (tertiary/aromatic N) is 2. The Labute approximate surface area is 209 Å². The summed E-state index contributed by atoms with van der Waals surface area (Å²) in [4.78, 5) is 40.5. The number of ketones is 1. The predicted octanol–water partition coefficient (Wildman–Crippen LogP) is 0.0368. The van der Waals surface area contributed by atoms with Crippen LogP contribution in [0.5, 0.6) is 0 Å². The zero-order valence-corrected chi connectivity index (χ0v) is 20.4. The van der Waals surface area contributed by atoms with Crippen LogP contribution in [0, 0.1) is 0 Å². The van der Waals surface area contributed by atoms with Gasteiger partial charge in [0.1, 0.15) is 18.6 Å². The average molecular weight is 516 g/mol. The number of benzene rings is 2. The number of guanidine groups is 1. The summed E-state index contributed by atoms with van der Waals surface area (Å²) in [6.07, 6.45) is 0.892. The van der Waals surface area contributed by atoms with E-state index >= 15 is 0 Å². The number of nitrogens with one attached hydrogen (secondary N) is 1. The van der Waals surface area contributed by atoms with Crippen molar-refractivity contribution in [3.8, 4) is 0 Å². The summed E-state index contributed by atoms with van der Waals surface area (Å²) in [6, 6.07) is 12.3. The molecule has 36 heavy (non-hydrogen) atoms. The summed E-state index contributed by atoms with van der Waals surface area (Å²) in [5.74, 6) is -2.24. The normalized spacial score (nSPS) is 16.7. The molecule has 1 amide bonds. The molecule has 0 spiro atoms. The van der Waals surface area contributed by atoms with Crippen molar-refractivity contribution < 1.29 is 27.9 Å². The molecule has 3 rings (SSSR count). The van der Waals surface area contributed by atoms with Crippen molar-refractivity contribution >= 4 is 33.6 Å². The van der Waals surface area contributed by atoms with Gasteiger partial charge in [-0.1, -0.05) is 42.5 Å². The molecule has 0 aromatic heterocycles. The summed E-state index contributed by atoms with van der Waals surface area (Å²) in [5.41, 5.74) is 11.8. The molecule has 1 aliphatic rings. The number of aliphatic imine (C=N–C) groups is 1. The molecule has 1 fully saturated rings. The molecule has 0 unspecified atom stereocenters. The van der Waals surface area contributed by atoms with Gasteiger partial charge in [0.05, 0.1) is 4.90 Å². The smallest absolute Gasteiger partial charge is 0.326 e. The lowest BCUT2D eigenvalue weighted by molar-refractivity contribution is -0.142. The number of hydrogen-bond donors (Lipinski definition) is 4. The second-order valence-electron chi connectivity index (χ2n) is 8.46. The van der Waals surface area contributed by atoms with Crippen LogP contribution in [0.1, 0.15) is 24.0 Å². The lowest BCUT2D eigenvalue weighted by atomic mass is 10.0. The molecule has 0 aliphatic carbocycles. The number of hydrogen-bond acceptors (Lipinski definition) is 6. The van der Waals surface area contributed by atoms with Crippen molar-refractivity contribution in [2.75, 3.05) is 13.1 Å². The van der Waals surface area contributed by atoms with Crippen molar-refractivity contribution in [1.29, 1.82) is 0 Å². The third-order valence-corrected chi connectivity index (χ3v) is 7.70. The Hall–Kier alpha value is -3.77. The molecule has 0 saturated carbocycles. The maximum absolute atomic E-state index is 13.0. The maximum Gasteiger partial charge on any atom is 0.326 e. The Bertz CT molecular complexity index is 1230. The van der Waals surface area contributed by atoms with E-state index in [1.54, 1.807) is 42.5 Å². The first kappa shape index (κ1) is 26.8. The van der Waals surface area contributed by atoms with Crippen LogP contribution < -0.4 is 16.8 Å². The van der Waals surface area contributed by atoms with Crippen molar-refractivity contribution in [1.82, 2.24) is 9.62 Å². The van der Waals surface area contributed by atoms with Gasteiger partial charge in [0.2, 0.25) is 15.9 Å². The summed E-state index contributed by atoms with van der Waals surface area (Å²) < 4.78 is 27.2. The molecule has 1 heterocycles. The molecule has 11 nitrogen and oxygen atoms in total. The lowest BCUT2D eigenvalue weighted by Crippen LogP contribution is -2.51. The van der Waals surface area contributed by atoms with E-state index in [2.05, 4.69) is 10.3 Å². The number of Topliss-reactive ketones (excluding diaryl/α,β-unsaturated/α-hetero) is 1. The SMILES string of the molecule is NC(N)=NCC(=O)Cc1ccc(C[C@H](NC(=O)[C@@H]2CCCN2S(=O)(=O)c2ccccc2)C(=O)O)cc1. The van der Waals surface area contributed by atoms with E-state index in [-0.39, 0.29) is 42.6 Å². The third kappa shape index (κ3) is 6.89. The molecule has 1 aliphatic heterocycles. The zero-order chi connectivity index (χ0) is 26.3. The van der Waals surface area contributed by atoms with Crippen LogP contribution in [0.25, 0.3) is 0 Å². The van der Waals surface area contributed by atoms with Gasteiger partial charge in [-0.2, -0.15) is 4.31 Å². The van der Waals surface area contributed by atoms with Gasteiger partial charge in [-0.3, -0.25) is 9.59 Å². The minimum Gasteiger partial charge on any atom is -0.480 e. The minimum atomic E-state index is -3.90. The molecule has 12 heteroatoms. The van der Waals surface area contributed by atoms with Crippen LogP contribution in [0.4, 0.5) is 0 Å². The maximum atomic E-state index is 13.0. The van der Waals surface area contributed by atoms with E-state index in [1.165, 1.54) is 12.1 Å². The van der Waals surface area contributed by atoms with Crippen molar-refractivity contribution in [2.45, 2.75) is 42.7 Å². The van der Waals surface area contributed by atoms with E-state index in [0.717, 1.165) is 4.31 Å². The number of rotatable bonds is 11. The highest BCUT2D eigenvalue weighted by atomic mass is 32.2. The van der Waals surface area contributed by atoms with Gasteiger partial charge >= 0.3 is 5.97 Å². The molecular weight excluding hydrogens is 486 g/mol. The van der Waals surface area contributed by atoms with E-state index in [9.17, 15) is 27.9 Å². The summed E-state index contributed by atoms with van der Waals surface area (Å²) in [5, 5.41) is 12.2. The van der Waals surface area contributed by atoms with E-state index in [4.69, 9.17) is 11.5 Å². The second kappa shape index (κ2) is 11.8. The van der Waals surface area contributed by atoms with Gasteiger partial charge in [0, 0.05) is 19.4 Å². The predicted molar refractivity (Wildman–Crippen MR) is 132 cm³/mol. The van der Waals surface area contributed by atoms with Crippen molar-refractivity contribution in [3.05, 3.63) is 65.7 Å². The quantitative estimate of drug-likeness (QED) is 0.238. The van der Waals surface area contributed by atoms with Crippen LogP contribution in [0.2, 0.25) is 0 Å². The molecule has 2 atom stereocenters. The van der Waals surface area contributed by atoms with E-state index in [0.29, 0.717) is 24.0 Å². The standard InChI is InChI=1S/C24H29N5O6S/c25-24(26)27-15-18(30)13-16-8-10-17(11-9-16)14-20(23(32)33)28-22(31)21-7-4-12-29(21)36(34,35)19-5-2-1-3-6-19/h1-3,5-6,8-11,20-21H,4,7,12-15H2,(H,28,31)(H,32,33)(H4,25,26,27)/t20-,21-/m0/s1. The van der Waals surface area contributed by atoms with E-state index in [1.807, 2.05) is 0 Å². The summed E-state index contributed by atoms with van der Waals surface area (Å²) in [6.45, 7) is 0.0474. The number of aliphatic carboxylic acids is 1. The van der Waals surface area contributed by atoms with Crippen molar-refractivity contribution in [2.24, 2.45) is 16.5 Å². The summed E-state index contributed by atoms with van der Waals surface area (Å²) >= 11 is 0. The van der Waals surface area contributed by atoms with Crippen LogP contribution in [0.15, 0.2) is 64.5 Å². The fourth-order valence-electron chi connectivity index (χ4n) is 3.98. The number of carbonyl (C=O) groups is 3. The topological polar surface area (TPSA) is 185 Å². The molecular formula is C24H29N5O6S. The molecule has 2 aromatic rings. The first-order valence-corrected chi connectivity index (χ1v) is 12.8. The molecule has 2 aromatic carbocycles. The zero-order valence-electron chi connectivity index (χ0n) is 19.5. The van der Waals surface area contributed by atoms with Gasteiger partial charge < -0.3 is 21.9 Å². The van der Waals surface area contributed by atoms with Gasteiger partial charge in [0.15, 0.2) is 11.7 Å². The Morgan fingerprint density at radius 2 is 1.69 bits per heavy atom. The Kier molecular flexibility index (Phi) is 8.78. The Morgan fingerprint density at radius 1 is 1.06 bits per heavy atom. The fraction of sp³-hybridized carbons (Fsp3) is 0.333. The minimum absolute atomic E-state index is 0.0124. The van der Waals surface area contributed by atoms with Crippen LogP contribution >= 0.6 is 0 Å².